The van der Waals surface area contributed by atoms with Gasteiger partial charge in [0, 0.05) is 6.04 Å². The van der Waals surface area contributed by atoms with Crippen molar-refractivity contribution in [3.63, 3.8) is 0 Å². The Morgan fingerprint density at radius 2 is 2.00 bits per heavy atom. The predicted octanol–water partition coefficient (Wildman–Crippen LogP) is 3.23. The molecule has 0 unspecified atom stereocenters. The van der Waals surface area contributed by atoms with Crippen molar-refractivity contribution in [3.8, 4) is 0 Å². The van der Waals surface area contributed by atoms with Crippen molar-refractivity contribution in [3.05, 3.63) is 51.3 Å². The van der Waals surface area contributed by atoms with Crippen molar-refractivity contribution in [2.75, 3.05) is 11.1 Å². The second-order valence-corrected chi connectivity index (χ2v) is 7.07. The minimum absolute atomic E-state index is 0.0677. The van der Waals surface area contributed by atoms with Gasteiger partial charge in [0.05, 0.1) is 16.6 Å². The summed E-state index contributed by atoms with van der Waals surface area (Å²) in [6.07, 6.45) is 0.870. The maximum atomic E-state index is 12.6. The third kappa shape index (κ3) is 2.95. The number of aromatic nitrogens is 2. The van der Waals surface area contributed by atoms with Crippen LogP contribution >= 0.6 is 11.8 Å². The van der Waals surface area contributed by atoms with Gasteiger partial charge in [-0.05, 0) is 25.8 Å². The van der Waals surface area contributed by atoms with E-state index in [1.807, 2.05) is 38.1 Å². The van der Waals surface area contributed by atoms with Gasteiger partial charge in [0.2, 0.25) is 5.91 Å². The highest BCUT2D eigenvalue weighted by Gasteiger charge is 2.31. The Bertz CT molecular complexity index is 776. The number of nitrogens with zero attached hydrogens (tertiary/aromatic N) is 1. The molecule has 2 atom stereocenters. The summed E-state index contributed by atoms with van der Waals surface area (Å²) in [7, 11) is 0. The molecule has 0 radical (unpaired) electrons. The number of H-pyrrole nitrogens is 1. The van der Waals surface area contributed by atoms with Crippen molar-refractivity contribution < 1.29 is 4.79 Å². The molecule has 0 aliphatic carbocycles. The molecule has 0 fully saturated rings. The molecule has 5 nitrogen and oxygen atoms in total. The Balaban J connectivity index is 2.15. The molecule has 1 aliphatic rings. The van der Waals surface area contributed by atoms with Crippen molar-refractivity contribution in [1.29, 1.82) is 0 Å². The number of carbonyl (C=O) groups is 1. The van der Waals surface area contributed by atoms with Crippen LogP contribution in [0.4, 0.5) is 5.82 Å². The van der Waals surface area contributed by atoms with Gasteiger partial charge in [0.15, 0.2) is 0 Å². The van der Waals surface area contributed by atoms with Crippen LogP contribution in [0.5, 0.6) is 0 Å². The first-order valence-corrected chi connectivity index (χ1v) is 8.88. The van der Waals surface area contributed by atoms with E-state index < -0.39 is 0 Å². The third-order valence-electron chi connectivity index (χ3n) is 4.28. The molecule has 1 aliphatic heterocycles. The monoisotopic (exact) mass is 331 g/mol. The highest BCUT2D eigenvalue weighted by Crippen LogP contribution is 2.40. The summed E-state index contributed by atoms with van der Waals surface area (Å²) in [6.45, 7) is 6.12. The number of nitrogens with one attached hydrogen (secondary N) is 2. The van der Waals surface area contributed by atoms with Crippen molar-refractivity contribution in [2.24, 2.45) is 0 Å². The fraction of sp³-hybridized carbons (Fsp3) is 0.412. The van der Waals surface area contributed by atoms with Gasteiger partial charge in [-0.1, -0.05) is 36.8 Å². The first-order valence-electron chi connectivity index (χ1n) is 7.83. The zero-order valence-electron chi connectivity index (χ0n) is 13.6. The van der Waals surface area contributed by atoms with Crippen LogP contribution in [0.3, 0.4) is 0 Å². The Kier molecular flexibility index (Phi) is 4.35. The Hall–Kier alpha value is -1.95. The van der Waals surface area contributed by atoms with Gasteiger partial charge in [-0.25, -0.2) is 0 Å². The number of rotatable bonds is 3. The van der Waals surface area contributed by atoms with Crippen LogP contribution in [-0.2, 0) is 4.79 Å². The lowest BCUT2D eigenvalue weighted by Crippen LogP contribution is -2.18. The number of aromatic amines is 1. The lowest BCUT2D eigenvalue weighted by molar-refractivity contribution is -0.113. The largest absolute Gasteiger partial charge is 0.310 e. The summed E-state index contributed by atoms with van der Waals surface area (Å²) < 4.78 is 1.79. The van der Waals surface area contributed by atoms with Crippen LogP contribution in [0.15, 0.2) is 29.1 Å². The smallest absolute Gasteiger partial charge is 0.270 e. The van der Waals surface area contributed by atoms with E-state index in [2.05, 4.69) is 17.3 Å². The van der Waals surface area contributed by atoms with Gasteiger partial charge < -0.3 is 5.32 Å². The normalized spacial score (nSPS) is 18.9. The Morgan fingerprint density at radius 1 is 1.30 bits per heavy atom. The Morgan fingerprint density at radius 3 is 2.65 bits per heavy atom. The summed E-state index contributed by atoms with van der Waals surface area (Å²) >= 11 is 1.50. The van der Waals surface area contributed by atoms with Crippen LogP contribution in [0.2, 0.25) is 0 Å². The van der Waals surface area contributed by atoms with Gasteiger partial charge >= 0.3 is 0 Å². The summed E-state index contributed by atoms with van der Waals surface area (Å²) in [6, 6.07) is 8.26. The van der Waals surface area contributed by atoms with Crippen molar-refractivity contribution >= 4 is 23.5 Å². The van der Waals surface area contributed by atoms with Crippen molar-refractivity contribution in [1.82, 2.24) is 9.78 Å². The molecule has 3 rings (SSSR count). The van der Waals surface area contributed by atoms with E-state index in [1.54, 1.807) is 4.68 Å². The first-order chi connectivity index (χ1) is 11.0. The molecular formula is C17H21N3O2S. The number of carbonyl (C=O) groups excluding carboxylic acids is 1. The highest BCUT2D eigenvalue weighted by atomic mass is 32.2. The van der Waals surface area contributed by atoms with E-state index in [0.29, 0.717) is 17.1 Å². The van der Waals surface area contributed by atoms with E-state index in [-0.39, 0.29) is 22.8 Å². The second-order valence-electron chi connectivity index (χ2n) is 5.98. The lowest BCUT2D eigenvalue weighted by atomic mass is 10.0. The van der Waals surface area contributed by atoms with Crippen LogP contribution < -0.4 is 10.9 Å². The molecular weight excluding hydrogens is 310 g/mol. The average molecular weight is 331 g/mol. The zero-order valence-corrected chi connectivity index (χ0v) is 14.4. The van der Waals surface area contributed by atoms with Crippen LogP contribution in [0.25, 0.3) is 0 Å². The van der Waals surface area contributed by atoms with E-state index in [9.17, 15) is 9.59 Å². The Labute approximate surface area is 139 Å². The molecule has 23 heavy (non-hydrogen) atoms. The van der Waals surface area contributed by atoms with Crippen LogP contribution in [0.1, 0.15) is 48.3 Å². The fourth-order valence-corrected chi connectivity index (χ4v) is 3.89. The van der Waals surface area contributed by atoms with Gasteiger partial charge in [-0.3, -0.25) is 19.4 Å². The lowest BCUT2D eigenvalue weighted by Gasteiger charge is -2.16. The van der Waals surface area contributed by atoms with Gasteiger partial charge in [-0.2, -0.15) is 0 Å². The molecule has 2 N–H and O–H groups in total. The van der Waals surface area contributed by atoms with Crippen LogP contribution in [-0.4, -0.2) is 21.4 Å². The maximum Gasteiger partial charge on any atom is 0.270 e. The van der Waals surface area contributed by atoms with E-state index in [0.717, 1.165) is 12.0 Å². The molecule has 2 heterocycles. The number of hydrogen-bond donors (Lipinski definition) is 2. The van der Waals surface area contributed by atoms with Crippen molar-refractivity contribution in [2.45, 2.75) is 38.5 Å². The minimum Gasteiger partial charge on any atom is -0.310 e. The number of amides is 1. The highest BCUT2D eigenvalue weighted by molar-refractivity contribution is 8.00. The molecule has 2 aromatic rings. The number of benzene rings is 1. The molecule has 1 aromatic carbocycles. The summed E-state index contributed by atoms with van der Waals surface area (Å²) in [4.78, 5) is 24.7. The van der Waals surface area contributed by atoms with E-state index in [1.165, 1.54) is 17.3 Å². The molecule has 122 valence electrons. The number of aryl methyl sites for hydroxylation is 1. The van der Waals surface area contributed by atoms with Gasteiger partial charge in [0.1, 0.15) is 5.82 Å². The van der Waals surface area contributed by atoms with Gasteiger partial charge in [0.25, 0.3) is 5.56 Å². The minimum atomic E-state index is -0.140. The number of anilines is 1. The van der Waals surface area contributed by atoms with Crippen LogP contribution in [0, 0.1) is 6.92 Å². The summed E-state index contributed by atoms with van der Waals surface area (Å²) in [5.41, 5.74) is 2.74. The molecule has 0 saturated carbocycles. The molecule has 1 amide bonds. The first kappa shape index (κ1) is 15.9. The maximum absolute atomic E-state index is 12.6. The topological polar surface area (TPSA) is 66.9 Å². The zero-order chi connectivity index (χ0) is 16.6. The standard InChI is InChI=1S/C17H21N3O2S/c1-4-11(3)20-16-14(17(22)19-20)15(23-9-13(21)18-16)12-7-5-10(2)6-8-12/h5-8,11,15H,4,9H2,1-3H3,(H,18,21)(H,19,22)/t11-,15-/m0/s1. The molecule has 1 aromatic heterocycles. The average Bonchev–Trinajstić information content (AvgIpc) is 2.74. The molecule has 0 spiro atoms. The molecule has 6 heteroatoms. The van der Waals surface area contributed by atoms with E-state index >= 15 is 0 Å². The predicted molar refractivity (Wildman–Crippen MR) is 94.2 cm³/mol. The summed E-state index contributed by atoms with van der Waals surface area (Å²) in [5.74, 6) is 0.888. The SMILES string of the molecule is CC[C@H](C)n1[nH]c(=O)c2c1NC(=O)CS[C@H]2c1ccc(C)cc1. The molecule has 0 saturated heterocycles. The fourth-order valence-electron chi connectivity index (χ4n) is 2.76. The number of hydrogen-bond acceptors (Lipinski definition) is 3. The third-order valence-corrected chi connectivity index (χ3v) is 5.55. The second kappa shape index (κ2) is 6.28. The number of fused-ring (bicyclic) bond motifs is 1. The number of thioether (sulfide) groups is 1. The molecule has 0 bridgehead atoms. The quantitative estimate of drug-likeness (QED) is 0.907. The van der Waals surface area contributed by atoms with Gasteiger partial charge in [-0.15, -0.1) is 11.8 Å². The van der Waals surface area contributed by atoms with E-state index in [4.69, 9.17) is 0 Å². The summed E-state index contributed by atoms with van der Waals surface area (Å²) in [5, 5.41) is 5.67.